The van der Waals surface area contributed by atoms with Gasteiger partial charge in [-0.1, -0.05) is 41.6 Å². The summed E-state index contributed by atoms with van der Waals surface area (Å²) in [6.07, 6.45) is 3.13. The van der Waals surface area contributed by atoms with Crippen LogP contribution in [-0.2, 0) is 29.6 Å². The summed E-state index contributed by atoms with van der Waals surface area (Å²) in [7, 11) is -4.02. The van der Waals surface area contributed by atoms with Crippen LogP contribution in [-0.4, -0.2) is 34.0 Å². The van der Waals surface area contributed by atoms with E-state index in [1.54, 1.807) is 32.0 Å². The molecule has 0 saturated heterocycles. The van der Waals surface area contributed by atoms with Crippen LogP contribution >= 0.6 is 0 Å². The van der Waals surface area contributed by atoms with Crippen molar-refractivity contribution in [2.45, 2.75) is 64.5 Å². The third-order valence-electron chi connectivity index (χ3n) is 7.09. The molecule has 1 aliphatic rings. The van der Waals surface area contributed by atoms with Gasteiger partial charge in [0.1, 0.15) is 11.5 Å². The van der Waals surface area contributed by atoms with Gasteiger partial charge in [-0.15, -0.1) is 0 Å². The monoisotopic (exact) mass is 534 g/mol. The predicted octanol–water partition coefficient (Wildman–Crippen LogP) is 4.71. The fraction of sp³-hybridized carbons (Fsp3) is 0.321. The number of hydrogen-bond acceptors (Lipinski definition) is 7. The Labute approximate surface area is 221 Å². The Morgan fingerprint density at radius 1 is 1.05 bits per heavy atom. The maximum absolute atomic E-state index is 13.4. The first-order valence-corrected chi connectivity index (χ1v) is 14.0. The summed E-state index contributed by atoms with van der Waals surface area (Å²) in [5.74, 6) is 0.959. The summed E-state index contributed by atoms with van der Waals surface area (Å²) in [4.78, 5) is 17.5. The molecule has 0 saturated carbocycles. The molecule has 0 bridgehead atoms. The van der Waals surface area contributed by atoms with Crippen molar-refractivity contribution in [3.8, 4) is 11.1 Å². The first kappa shape index (κ1) is 25.9. The highest BCUT2D eigenvalue weighted by molar-refractivity contribution is 7.92. The van der Waals surface area contributed by atoms with Gasteiger partial charge in [0.2, 0.25) is 5.88 Å². The number of aliphatic hydroxyl groups excluding tert-OH is 1. The van der Waals surface area contributed by atoms with Crippen LogP contribution in [0, 0.1) is 20.8 Å². The first-order chi connectivity index (χ1) is 18.2. The molecule has 0 unspecified atom stereocenters. The predicted molar refractivity (Wildman–Crippen MR) is 143 cm³/mol. The molecule has 0 radical (unpaired) electrons. The summed E-state index contributed by atoms with van der Waals surface area (Å²) < 4.78 is 36.3. The lowest BCUT2D eigenvalue weighted by atomic mass is 9.97. The van der Waals surface area contributed by atoms with Crippen molar-refractivity contribution in [2.24, 2.45) is 0 Å². The zero-order chi connectivity index (χ0) is 27.0. The molecule has 2 aromatic heterocycles. The lowest BCUT2D eigenvalue weighted by molar-refractivity contribution is 0.0973. The van der Waals surface area contributed by atoms with Crippen LogP contribution in [0.3, 0.4) is 0 Å². The highest BCUT2D eigenvalue weighted by atomic mass is 32.2. The molecule has 0 amide bonds. The number of aromatic nitrogens is 3. The average Bonchev–Trinajstić information content (AvgIpc) is 3.31. The maximum atomic E-state index is 13.4. The topological polar surface area (TPSA) is 127 Å². The van der Waals surface area contributed by atoms with Gasteiger partial charge in [0.15, 0.2) is 5.78 Å². The van der Waals surface area contributed by atoms with E-state index in [4.69, 9.17) is 4.52 Å². The van der Waals surface area contributed by atoms with Gasteiger partial charge < -0.3 is 14.2 Å². The summed E-state index contributed by atoms with van der Waals surface area (Å²) in [5, 5.41) is 14.1. The molecule has 4 aromatic rings. The smallest absolute Gasteiger partial charge is 0.264 e. The SMILES string of the molecule is Cc1noc(NS(=O)(=O)c2ccccc2-c2ccc(Cn3c(C)nc4c3C(=O)CCCC4)cc2CO)c1C. The molecule has 198 valence electrons. The lowest BCUT2D eigenvalue weighted by Gasteiger charge is -2.16. The van der Waals surface area contributed by atoms with Gasteiger partial charge in [0.05, 0.1) is 22.9 Å². The average molecular weight is 535 g/mol. The highest BCUT2D eigenvalue weighted by Gasteiger charge is 2.25. The number of carbonyl (C=O) groups is 1. The van der Waals surface area contributed by atoms with E-state index in [1.165, 1.54) is 6.07 Å². The van der Waals surface area contributed by atoms with E-state index in [1.807, 2.05) is 29.7 Å². The summed E-state index contributed by atoms with van der Waals surface area (Å²) in [6.45, 7) is 5.50. The normalized spacial score (nSPS) is 13.8. The van der Waals surface area contributed by atoms with Crippen LogP contribution < -0.4 is 4.72 Å². The van der Waals surface area contributed by atoms with Crippen LogP contribution in [0.2, 0.25) is 0 Å². The number of nitrogens with zero attached hydrogens (tertiary/aromatic N) is 3. The van der Waals surface area contributed by atoms with Crippen LogP contribution in [0.4, 0.5) is 5.88 Å². The van der Waals surface area contributed by atoms with Crippen molar-refractivity contribution in [3.05, 3.63) is 82.1 Å². The fourth-order valence-corrected chi connectivity index (χ4v) is 6.20. The van der Waals surface area contributed by atoms with Gasteiger partial charge >= 0.3 is 0 Å². The number of ketones is 1. The van der Waals surface area contributed by atoms with Gasteiger partial charge in [-0.25, -0.2) is 18.1 Å². The number of aryl methyl sites for hydroxylation is 3. The molecule has 2 N–H and O–H groups in total. The third kappa shape index (κ3) is 4.77. The van der Waals surface area contributed by atoms with E-state index in [-0.39, 0.29) is 23.2 Å². The second-order valence-corrected chi connectivity index (χ2v) is 11.3. The number of sulfonamides is 1. The second-order valence-electron chi connectivity index (χ2n) is 9.64. The van der Waals surface area contributed by atoms with Crippen molar-refractivity contribution >= 4 is 21.7 Å². The minimum absolute atomic E-state index is 0.0530. The van der Waals surface area contributed by atoms with Crippen molar-refractivity contribution in [3.63, 3.8) is 0 Å². The van der Waals surface area contributed by atoms with Crippen LogP contribution in [0.1, 0.15) is 63.7 Å². The summed E-state index contributed by atoms with van der Waals surface area (Å²) in [6, 6.07) is 12.2. The number of carbonyl (C=O) groups excluding carboxylic acids is 1. The number of fused-ring (bicyclic) bond motifs is 1. The van der Waals surface area contributed by atoms with E-state index in [0.717, 1.165) is 36.3 Å². The Bertz CT molecular complexity index is 1630. The number of nitrogens with one attached hydrogen (secondary N) is 1. The number of rotatable bonds is 7. The first-order valence-electron chi connectivity index (χ1n) is 12.6. The Morgan fingerprint density at radius 2 is 1.82 bits per heavy atom. The molecule has 0 spiro atoms. The van der Waals surface area contributed by atoms with Crippen molar-refractivity contribution in [2.75, 3.05) is 4.72 Å². The molecule has 9 nitrogen and oxygen atoms in total. The van der Waals surface area contributed by atoms with E-state index in [9.17, 15) is 18.3 Å². The van der Waals surface area contributed by atoms with Crippen LogP contribution in [0.15, 0.2) is 51.9 Å². The van der Waals surface area contributed by atoms with Crippen LogP contribution in [0.25, 0.3) is 11.1 Å². The molecule has 0 aliphatic heterocycles. The number of benzene rings is 2. The van der Waals surface area contributed by atoms with E-state index in [2.05, 4.69) is 14.9 Å². The second kappa shape index (κ2) is 10.2. The quantitative estimate of drug-likeness (QED) is 0.329. The number of hydrogen-bond donors (Lipinski definition) is 2. The van der Waals surface area contributed by atoms with Crippen molar-refractivity contribution in [1.29, 1.82) is 0 Å². The molecule has 5 rings (SSSR count). The van der Waals surface area contributed by atoms with Gasteiger partial charge in [0, 0.05) is 24.1 Å². The van der Waals surface area contributed by atoms with E-state index < -0.39 is 10.0 Å². The molecule has 38 heavy (non-hydrogen) atoms. The Balaban J connectivity index is 1.51. The van der Waals surface area contributed by atoms with E-state index >= 15 is 0 Å². The number of Topliss-reactive ketones (excluding diaryl/α,β-unsaturated/α-hetero) is 1. The zero-order valence-electron chi connectivity index (χ0n) is 21.6. The molecule has 1 aliphatic carbocycles. The minimum Gasteiger partial charge on any atom is -0.392 e. The molecule has 0 atom stereocenters. The number of aliphatic hydroxyl groups is 1. The standard InChI is InChI=1S/C28H30N4O5S/c1-17-18(2)30-37-28(17)31-38(35,36)26-11-7-4-8-23(26)22-13-12-20(14-21(22)16-33)15-32-19(3)29-24-9-5-6-10-25(34)27(24)32/h4,7-8,11-14,31,33H,5-6,9-10,15-16H2,1-3H3. The summed E-state index contributed by atoms with van der Waals surface area (Å²) in [5.41, 5.74) is 5.24. The van der Waals surface area contributed by atoms with Gasteiger partial charge in [-0.2, -0.15) is 0 Å². The number of imidazole rings is 1. The highest BCUT2D eigenvalue weighted by Crippen LogP contribution is 2.33. The largest absolute Gasteiger partial charge is 0.392 e. The van der Waals surface area contributed by atoms with Crippen LogP contribution in [0.5, 0.6) is 0 Å². The molecule has 2 heterocycles. The Hall–Kier alpha value is -3.76. The lowest BCUT2D eigenvalue weighted by Crippen LogP contribution is -2.15. The minimum atomic E-state index is -4.02. The Morgan fingerprint density at radius 3 is 2.55 bits per heavy atom. The maximum Gasteiger partial charge on any atom is 0.264 e. The van der Waals surface area contributed by atoms with Crippen molar-refractivity contribution < 1.29 is 22.8 Å². The molecule has 2 aromatic carbocycles. The molecule has 10 heteroatoms. The zero-order valence-corrected chi connectivity index (χ0v) is 22.4. The summed E-state index contributed by atoms with van der Waals surface area (Å²) >= 11 is 0. The Kier molecular flexibility index (Phi) is 6.93. The fourth-order valence-electron chi connectivity index (χ4n) is 4.93. The van der Waals surface area contributed by atoms with Gasteiger partial charge in [-0.05, 0) is 62.8 Å². The third-order valence-corrected chi connectivity index (χ3v) is 8.48. The molecular weight excluding hydrogens is 504 g/mol. The molecule has 0 fully saturated rings. The number of anilines is 1. The molecular formula is C28H30N4O5S. The van der Waals surface area contributed by atoms with Gasteiger partial charge in [-0.3, -0.25) is 4.79 Å². The van der Waals surface area contributed by atoms with Gasteiger partial charge in [0.25, 0.3) is 10.0 Å². The van der Waals surface area contributed by atoms with E-state index in [0.29, 0.717) is 46.6 Å². The van der Waals surface area contributed by atoms with Crippen molar-refractivity contribution in [1.82, 2.24) is 14.7 Å².